The highest BCUT2D eigenvalue weighted by molar-refractivity contribution is 5.48. The Morgan fingerprint density at radius 1 is 0.926 bits per heavy atom. The van der Waals surface area contributed by atoms with E-state index in [4.69, 9.17) is 18.9 Å². The Bertz CT molecular complexity index is 657. The van der Waals surface area contributed by atoms with Crippen molar-refractivity contribution in [1.29, 1.82) is 0 Å². The number of rotatable bonds is 12. The first-order valence-electron chi connectivity index (χ1n) is 9.49. The van der Waals surface area contributed by atoms with Gasteiger partial charge in [-0.05, 0) is 32.4 Å². The van der Waals surface area contributed by atoms with Crippen molar-refractivity contribution in [2.75, 3.05) is 26.9 Å². The highest BCUT2D eigenvalue weighted by Gasteiger charge is 2.18. The van der Waals surface area contributed by atoms with Gasteiger partial charge in [-0.3, -0.25) is 0 Å². The zero-order chi connectivity index (χ0) is 19.5. The van der Waals surface area contributed by atoms with Crippen LogP contribution in [0.3, 0.4) is 0 Å². The van der Waals surface area contributed by atoms with E-state index < -0.39 is 0 Å². The minimum Gasteiger partial charge on any atom is -0.493 e. The minimum absolute atomic E-state index is 0.0503. The summed E-state index contributed by atoms with van der Waals surface area (Å²) in [4.78, 5) is 0. The predicted molar refractivity (Wildman–Crippen MR) is 107 cm³/mol. The van der Waals surface area contributed by atoms with Gasteiger partial charge < -0.3 is 24.3 Å². The molecular formula is C22H31NO4. The first-order chi connectivity index (χ1) is 13.2. The van der Waals surface area contributed by atoms with Gasteiger partial charge in [0.1, 0.15) is 6.61 Å². The molecular weight excluding hydrogens is 342 g/mol. The molecule has 5 heteroatoms. The summed E-state index contributed by atoms with van der Waals surface area (Å²) in [6.07, 6.45) is -0.262. The molecule has 0 fully saturated rings. The first kappa shape index (κ1) is 21.2. The molecule has 2 rings (SSSR count). The van der Waals surface area contributed by atoms with Crippen LogP contribution >= 0.6 is 0 Å². The average Bonchev–Trinajstić information content (AvgIpc) is 2.71. The van der Waals surface area contributed by atoms with Crippen molar-refractivity contribution in [1.82, 2.24) is 5.32 Å². The fourth-order valence-corrected chi connectivity index (χ4v) is 2.84. The van der Waals surface area contributed by atoms with Crippen molar-refractivity contribution < 1.29 is 18.9 Å². The Balaban J connectivity index is 2.10. The van der Waals surface area contributed by atoms with Crippen LogP contribution in [0, 0.1) is 0 Å². The molecule has 0 aliphatic carbocycles. The maximum Gasteiger partial charge on any atom is 0.169 e. The van der Waals surface area contributed by atoms with Crippen LogP contribution in [0.1, 0.15) is 37.9 Å². The molecule has 27 heavy (non-hydrogen) atoms. The number of methoxy groups -OCH3 is 1. The minimum atomic E-state index is -0.262. The summed E-state index contributed by atoms with van der Waals surface area (Å²) in [7, 11) is 1.66. The van der Waals surface area contributed by atoms with Crippen LogP contribution in [0.2, 0.25) is 0 Å². The van der Waals surface area contributed by atoms with Gasteiger partial charge in [0.2, 0.25) is 0 Å². The van der Waals surface area contributed by atoms with E-state index in [0.717, 1.165) is 22.6 Å². The van der Waals surface area contributed by atoms with E-state index in [0.29, 0.717) is 26.4 Å². The summed E-state index contributed by atoms with van der Waals surface area (Å²) >= 11 is 0. The maximum absolute atomic E-state index is 6.14. The number of ether oxygens (including phenoxy) is 4. The summed E-state index contributed by atoms with van der Waals surface area (Å²) in [5.41, 5.74) is 2.15. The summed E-state index contributed by atoms with van der Waals surface area (Å²) in [5, 5.41) is 3.47. The van der Waals surface area contributed by atoms with Crippen LogP contribution in [0.4, 0.5) is 0 Å². The zero-order valence-electron chi connectivity index (χ0n) is 16.7. The van der Waals surface area contributed by atoms with Gasteiger partial charge in [0.25, 0.3) is 0 Å². The standard InChI is InChI=1S/C22H31NO4/c1-5-25-21(26-6-2)15-23-17(3)19-13-10-14-20(24-4)22(19)27-16-18-11-8-7-9-12-18/h7-14,17,21,23H,5-6,15-16H2,1-4H3. The lowest BCUT2D eigenvalue weighted by molar-refractivity contribution is -0.133. The molecule has 1 N–H and O–H groups in total. The molecule has 2 aromatic carbocycles. The van der Waals surface area contributed by atoms with Crippen LogP contribution in [-0.4, -0.2) is 33.2 Å². The van der Waals surface area contributed by atoms with Crippen molar-refractivity contribution >= 4 is 0 Å². The molecule has 0 aliphatic rings. The molecule has 0 spiro atoms. The van der Waals surface area contributed by atoms with E-state index in [1.165, 1.54) is 0 Å². The third kappa shape index (κ3) is 6.54. The molecule has 0 saturated heterocycles. The molecule has 0 bridgehead atoms. The normalized spacial score (nSPS) is 12.2. The van der Waals surface area contributed by atoms with Crippen molar-refractivity contribution in [3.63, 3.8) is 0 Å². The predicted octanol–water partition coefficient (Wildman–Crippen LogP) is 4.32. The third-order valence-corrected chi connectivity index (χ3v) is 4.22. The Morgan fingerprint density at radius 3 is 2.26 bits per heavy atom. The second-order valence-electron chi connectivity index (χ2n) is 6.12. The van der Waals surface area contributed by atoms with Gasteiger partial charge in [-0.25, -0.2) is 0 Å². The van der Waals surface area contributed by atoms with Gasteiger partial charge in [0.05, 0.1) is 7.11 Å². The van der Waals surface area contributed by atoms with E-state index >= 15 is 0 Å². The van der Waals surface area contributed by atoms with Gasteiger partial charge in [-0.1, -0.05) is 42.5 Å². The highest BCUT2D eigenvalue weighted by atomic mass is 16.7. The summed E-state index contributed by atoms with van der Waals surface area (Å²) in [6.45, 7) is 8.34. The molecule has 0 aromatic heterocycles. The number of benzene rings is 2. The maximum atomic E-state index is 6.14. The fourth-order valence-electron chi connectivity index (χ4n) is 2.84. The van der Waals surface area contributed by atoms with Crippen LogP contribution in [0.25, 0.3) is 0 Å². The first-order valence-corrected chi connectivity index (χ1v) is 9.49. The van der Waals surface area contributed by atoms with Crippen molar-refractivity contribution in [3.8, 4) is 11.5 Å². The lowest BCUT2D eigenvalue weighted by Crippen LogP contribution is -2.33. The molecule has 148 valence electrons. The van der Waals surface area contributed by atoms with Crippen LogP contribution in [0.15, 0.2) is 48.5 Å². The fraction of sp³-hybridized carbons (Fsp3) is 0.455. The Hall–Kier alpha value is -2.08. The summed E-state index contributed by atoms with van der Waals surface area (Å²) < 4.78 is 22.9. The molecule has 0 aliphatic heterocycles. The molecule has 0 saturated carbocycles. The van der Waals surface area contributed by atoms with Crippen molar-refractivity contribution in [3.05, 3.63) is 59.7 Å². The van der Waals surface area contributed by atoms with E-state index in [1.807, 2.05) is 56.3 Å². The average molecular weight is 373 g/mol. The van der Waals surface area contributed by atoms with Gasteiger partial charge in [-0.2, -0.15) is 0 Å². The molecule has 1 unspecified atom stereocenters. The Kier molecular flexibility index (Phi) is 9.11. The van der Waals surface area contributed by atoms with E-state index in [2.05, 4.69) is 18.3 Å². The second-order valence-corrected chi connectivity index (χ2v) is 6.12. The highest BCUT2D eigenvalue weighted by Crippen LogP contribution is 2.35. The zero-order valence-corrected chi connectivity index (χ0v) is 16.7. The largest absolute Gasteiger partial charge is 0.493 e. The molecule has 5 nitrogen and oxygen atoms in total. The summed E-state index contributed by atoms with van der Waals surface area (Å²) in [6, 6.07) is 16.1. The van der Waals surface area contributed by atoms with Crippen LogP contribution in [0.5, 0.6) is 11.5 Å². The second kappa shape index (κ2) is 11.6. The summed E-state index contributed by atoms with van der Waals surface area (Å²) in [5.74, 6) is 1.48. The number of hydrogen-bond acceptors (Lipinski definition) is 5. The molecule has 2 aromatic rings. The van der Waals surface area contributed by atoms with E-state index in [-0.39, 0.29) is 12.3 Å². The topological polar surface area (TPSA) is 49.0 Å². The molecule has 0 radical (unpaired) electrons. The SMILES string of the molecule is CCOC(CNC(C)c1cccc(OC)c1OCc1ccccc1)OCC. The van der Waals surface area contributed by atoms with Gasteiger partial charge in [0.15, 0.2) is 17.8 Å². The molecule has 0 amide bonds. The number of nitrogens with one attached hydrogen (secondary N) is 1. The third-order valence-electron chi connectivity index (χ3n) is 4.22. The smallest absolute Gasteiger partial charge is 0.169 e. The van der Waals surface area contributed by atoms with Crippen LogP contribution < -0.4 is 14.8 Å². The van der Waals surface area contributed by atoms with Gasteiger partial charge >= 0.3 is 0 Å². The van der Waals surface area contributed by atoms with Gasteiger partial charge in [0, 0.05) is 31.4 Å². The number of hydrogen-bond donors (Lipinski definition) is 1. The van der Waals surface area contributed by atoms with E-state index in [9.17, 15) is 0 Å². The molecule has 0 heterocycles. The van der Waals surface area contributed by atoms with Crippen molar-refractivity contribution in [2.24, 2.45) is 0 Å². The van der Waals surface area contributed by atoms with Gasteiger partial charge in [-0.15, -0.1) is 0 Å². The monoisotopic (exact) mass is 373 g/mol. The van der Waals surface area contributed by atoms with Crippen LogP contribution in [-0.2, 0) is 16.1 Å². The number of para-hydroxylation sites is 1. The van der Waals surface area contributed by atoms with E-state index in [1.54, 1.807) is 7.11 Å². The Morgan fingerprint density at radius 2 is 1.63 bits per heavy atom. The molecule has 1 atom stereocenters. The van der Waals surface area contributed by atoms with Crippen molar-refractivity contribution in [2.45, 2.75) is 39.7 Å². The quantitative estimate of drug-likeness (QED) is 0.562. The Labute approximate surface area is 162 Å². The lowest BCUT2D eigenvalue weighted by Gasteiger charge is -2.23. The lowest BCUT2D eigenvalue weighted by atomic mass is 10.1.